The molecule has 0 aliphatic carbocycles. The molecule has 0 radical (unpaired) electrons. The average Bonchev–Trinajstić information content (AvgIpc) is 3.53. The van der Waals surface area contributed by atoms with Crippen LogP contribution in [0.2, 0.25) is 0 Å². The van der Waals surface area contributed by atoms with Crippen LogP contribution in [0, 0.1) is 23.7 Å². The number of phosphoric acid groups is 2. The zero-order valence-corrected chi connectivity index (χ0v) is 57.7. The molecule has 86 heavy (non-hydrogen) atoms. The van der Waals surface area contributed by atoms with Crippen molar-refractivity contribution in [3.05, 3.63) is 0 Å². The van der Waals surface area contributed by atoms with E-state index < -0.39 is 97.5 Å². The molecule has 510 valence electrons. The smallest absolute Gasteiger partial charge is 0.462 e. The molecule has 3 N–H and O–H groups in total. The summed E-state index contributed by atoms with van der Waals surface area (Å²) in [5.41, 5.74) is 0. The van der Waals surface area contributed by atoms with Crippen LogP contribution in [-0.4, -0.2) is 96.7 Å². The maximum atomic E-state index is 13.0. The van der Waals surface area contributed by atoms with E-state index in [1.54, 1.807) is 0 Å². The van der Waals surface area contributed by atoms with E-state index in [-0.39, 0.29) is 25.7 Å². The number of carbonyl (C=O) groups excluding carboxylic acids is 4. The van der Waals surface area contributed by atoms with Gasteiger partial charge in [-0.2, -0.15) is 0 Å². The van der Waals surface area contributed by atoms with Crippen LogP contribution in [0.25, 0.3) is 0 Å². The third-order valence-electron chi connectivity index (χ3n) is 16.0. The Hall–Kier alpha value is -1.94. The highest BCUT2D eigenvalue weighted by Crippen LogP contribution is 2.45. The SMILES string of the molecule is CCC(C)CCCCCCCCCCC(=O)O[C@H](COC(=O)CCCCCCCCCCC(C)C)COP(=O)(O)OC[C@@H](O)COP(=O)(O)OC[C@@H](COC(=O)CCCCCCCCC(C)CC)OC(=O)CCCCCCCCCCCCC(C)C. The molecule has 0 saturated carbocycles. The lowest BCUT2D eigenvalue weighted by Crippen LogP contribution is -2.30. The van der Waals surface area contributed by atoms with Crippen LogP contribution in [-0.2, 0) is 65.4 Å². The molecule has 0 heterocycles. The van der Waals surface area contributed by atoms with Crippen molar-refractivity contribution in [2.24, 2.45) is 23.7 Å². The molecule has 0 saturated heterocycles. The van der Waals surface area contributed by atoms with E-state index in [1.807, 2.05) is 0 Å². The minimum Gasteiger partial charge on any atom is -0.462 e. The van der Waals surface area contributed by atoms with Crippen LogP contribution in [0.5, 0.6) is 0 Å². The maximum Gasteiger partial charge on any atom is 0.472 e. The number of rotatable bonds is 64. The number of phosphoric ester groups is 2. The second-order valence-electron chi connectivity index (χ2n) is 25.6. The summed E-state index contributed by atoms with van der Waals surface area (Å²) in [4.78, 5) is 72.4. The van der Waals surface area contributed by atoms with Crippen LogP contribution in [0.1, 0.15) is 325 Å². The summed E-state index contributed by atoms with van der Waals surface area (Å²) in [5, 5.41) is 10.6. The number of aliphatic hydroxyl groups is 1. The third kappa shape index (κ3) is 58.4. The normalized spacial score (nSPS) is 15.0. The van der Waals surface area contributed by atoms with Gasteiger partial charge < -0.3 is 33.8 Å². The molecule has 4 unspecified atom stereocenters. The summed E-state index contributed by atoms with van der Waals surface area (Å²) in [6.07, 6.45) is 37.5. The summed E-state index contributed by atoms with van der Waals surface area (Å²) in [7, 11) is -9.90. The highest BCUT2D eigenvalue weighted by Gasteiger charge is 2.30. The van der Waals surface area contributed by atoms with Crippen molar-refractivity contribution in [3.63, 3.8) is 0 Å². The molecule has 0 aromatic heterocycles. The van der Waals surface area contributed by atoms with Crippen LogP contribution in [0.4, 0.5) is 0 Å². The molecule has 0 spiro atoms. The number of esters is 4. The van der Waals surface area contributed by atoms with E-state index in [9.17, 15) is 43.2 Å². The molecule has 0 aromatic rings. The minimum atomic E-state index is -4.95. The Labute approximate surface area is 524 Å². The zero-order valence-electron chi connectivity index (χ0n) is 55.9. The lowest BCUT2D eigenvalue weighted by atomic mass is 9.99. The summed E-state index contributed by atoms with van der Waals surface area (Å²) >= 11 is 0. The zero-order chi connectivity index (χ0) is 63.9. The number of hydrogen-bond donors (Lipinski definition) is 3. The van der Waals surface area contributed by atoms with Crippen molar-refractivity contribution in [3.8, 4) is 0 Å². The molecule has 19 heteroatoms. The first kappa shape index (κ1) is 84.1. The van der Waals surface area contributed by atoms with Crippen LogP contribution in [0.3, 0.4) is 0 Å². The predicted octanol–water partition coefficient (Wildman–Crippen LogP) is 18.5. The Morgan fingerprint density at radius 2 is 0.558 bits per heavy atom. The summed E-state index contributed by atoms with van der Waals surface area (Å²) < 4.78 is 68.1. The van der Waals surface area contributed by atoms with Crippen LogP contribution >= 0.6 is 15.6 Å². The molecule has 0 fully saturated rings. The Bertz CT molecular complexity index is 1720. The fourth-order valence-corrected chi connectivity index (χ4v) is 11.5. The van der Waals surface area contributed by atoms with E-state index >= 15 is 0 Å². The van der Waals surface area contributed by atoms with Gasteiger partial charge >= 0.3 is 39.5 Å². The maximum absolute atomic E-state index is 13.0. The average molecular weight is 1270 g/mol. The monoisotopic (exact) mass is 1270 g/mol. The summed E-state index contributed by atoms with van der Waals surface area (Å²) in [6, 6.07) is 0. The largest absolute Gasteiger partial charge is 0.472 e. The van der Waals surface area contributed by atoms with Crippen molar-refractivity contribution in [1.29, 1.82) is 0 Å². The second-order valence-corrected chi connectivity index (χ2v) is 28.6. The molecule has 7 atom stereocenters. The van der Waals surface area contributed by atoms with E-state index in [2.05, 4.69) is 55.4 Å². The van der Waals surface area contributed by atoms with Crippen LogP contribution in [0.15, 0.2) is 0 Å². The van der Waals surface area contributed by atoms with Gasteiger partial charge in [0, 0.05) is 25.7 Å². The molecule has 0 amide bonds. The van der Waals surface area contributed by atoms with Gasteiger partial charge in [0.1, 0.15) is 19.3 Å². The Balaban J connectivity index is 5.27. The van der Waals surface area contributed by atoms with Gasteiger partial charge in [0.2, 0.25) is 0 Å². The molecule has 0 aliphatic heterocycles. The Kier molecular flexibility index (Phi) is 55.7. The lowest BCUT2D eigenvalue weighted by Gasteiger charge is -2.21. The summed E-state index contributed by atoms with van der Waals surface area (Å²) in [6.45, 7) is 14.0. The molecule has 0 aliphatic rings. The van der Waals surface area contributed by atoms with Crippen LogP contribution < -0.4 is 0 Å². The van der Waals surface area contributed by atoms with Gasteiger partial charge in [0.15, 0.2) is 12.2 Å². The highest BCUT2D eigenvalue weighted by molar-refractivity contribution is 7.47. The highest BCUT2D eigenvalue weighted by atomic mass is 31.2. The van der Waals surface area contributed by atoms with Crippen molar-refractivity contribution >= 4 is 39.5 Å². The van der Waals surface area contributed by atoms with E-state index in [4.69, 9.17) is 37.0 Å². The Morgan fingerprint density at radius 1 is 0.326 bits per heavy atom. The second kappa shape index (κ2) is 57.0. The van der Waals surface area contributed by atoms with Gasteiger partial charge in [-0.05, 0) is 49.4 Å². The molecule has 0 rings (SSSR count). The van der Waals surface area contributed by atoms with E-state index in [1.165, 1.54) is 122 Å². The van der Waals surface area contributed by atoms with Gasteiger partial charge in [-0.25, -0.2) is 9.13 Å². The molecule has 0 bridgehead atoms. The molecular weight excluding hydrogens is 1140 g/mol. The topological polar surface area (TPSA) is 237 Å². The number of aliphatic hydroxyl groups excluding tert-OH is 1. The number of carbonyl (C=O) groups is 4. The van der Waals surface area contributed by atoms with Gasteiger partial charge in [-0.3, -0.25) is 37.3 Å². The van der Waals surface area contributed by atoms with Gasteiger partial charge in [-0.1, -0.05) is 274 Å². The molecule has 17 nitrogen and oxygen atoms in total. The Morgan fingerprint density at radius 3 is 0.826 bits per heavy atom. The van der Waals surface area contributed by atoms with Gasteiger partial charge in [0.05, 0.1) is 26.4 Å². The first-order valence-corrected chi connectivity index (χ1v) is 37.8. The van der Waals surface area contributed by atoms with E-state index in [0.29, 0.717) is 25.7 Å². The number of hydrogen-bond acceptors (Lipinski definition) is 15. The summed E-state index contributed by atoms with van der Waals surface area (Å²) in [5.74, 6) is 0.843. The molecule has 0 aromatic carbocycles. The standard InChI is InChI=1S/C67H130O17P2/c1-9-59(7)45-37-29-21-16-18-24-34-42-50-67(72)84-62(53-77-64(69)47-39-31-22-17-15-20-28-36-44-58(5)6)55-81-85(73,74)79-51-61(68)52-80-86(75,76)82-56-63(54-78-65(70)48-40-32-26-25-30-38-46-60(8)10-2)83-66(71)49-41-33-23-14-12-11-13-19-27-35-43-57(3)4/h57-63,68H,9-56H2,1-8H3,(H,73,74)(H,75,76)/t59?,60?,61-,62-,63-/m1/s1. The van der Waals surface area contributed by atoms with Crippen molar-refractivity contribution in [2.75, 3.05) is 39.6 Å². The fraction of sp³-hybridized carbons (Fsp3) is 0.940. The first-order valence-electron chi connectivity index (χ1n) is 34.8. The number of ether oxygens (including phenoxy) is 4. The third-order valence-corrected chi connectivity index (χ3v) is 17.9. The van der Waals surface area contributed by atoms with Crippen molar-refractivity contribution in [2.45, 2.75) is 343 Å². The van der Waals surface area contributed by atoms with E-state index in [0.717, 1.165) is 120 Å². The molecular formula is C67H130O17P2. The van der Waals surface area contributed by atoms with Gasteiger partial charge in [0.25, 0.3) is 0 Å². The van der Waals surface area contributed by atoms with Crippen molar-refractivity contribution in [1.82, 2.24) is 0 Å². The minimum absolute atomic E-state index is 0.104. The fourth-order valence-electron chi connectivity index (χ4n) is 9.89. The first-order chi connectivity index (χ1) is 41.2. The van der Waals surface area contributed by atoms with Gasteiger partial charge in [-0.15, -0.1) is 0 Å². The number of unbranched alkanes of at least 4 members (excludes halogenated alkanes) is 28. The quantitative estimate of drug-likeness (QED) is 0.0222. The van der Waals surface area contributed by atoms with Crippen molar-refractivity contribution < 1.29 is 80.2 Å². The predicted molar refractivity (Wildman–Crippen MR) is 344 cm³/mol. The lowest BCUT2D eigenvalue weighted by molar-refractivity contribution is -0.161.